The number of rotatable bonds is 5. The first-order chi connectivity index (χ1) is 15.2. The van der Waals surface area contributed by atoms with E-state index in [1.165, 1.54) is 24.9 Å². The molecule has 0 saturated carbocycles. The van der Waals surface area contributed by atoms with Crippen molar-refractivity contribution in [2.75, 3.05) is 27.8 Å². The fraction of sp³-hybridized carbons (Fsp3) is 0.348. The summed E-state index contributed by atoms with van der Waals surface area (Å²) in [5.41, 5.74) is -0.161. The number of hydrogen-bond donors (Lipinski definition) is 0. The molecule has 1 atom stereocenters. The quantitative estimate of drug-likeness (QED) is 0.604. The van der Waals surface area contributed by atoms with Gasteiger partial charge in [-0.2, -0.15) is 5.10 Å². The molecule has 0 bridgehead atoms. The van der Waals surface area contributed by atoms with Gasteiger partial charge in [0.05, 0.1) is 48.5 Å². The average molecular weight is 442 g/mol. The number of methoxy groups -OCH3 is 2. The van der Waals surface area contributed by atoms with Crippen LogP contribution in [0, 0.1) is 11.6 Å². The van der Waals surface area contributed by atoms with Crippen molar-refractivity contribution in [3.8, 4) is 22.6 Å². The van der Waals surface area contributed by atoms with Gasteiger partial charge in [0.2, 0.25) is 0 Å². The van der Waals surface area contributed by atoms with Gasteiger partial charge in [-0.25, -0.2) is 8.78 Å². The van der Waals surface area contributed by atoms with E-state index in [0.29, 0.717) is 24.0 Å². The number of ether oxygens (including phenoxy) is 2. The molecule has 32 heavy (non-hydrogen) atoms. The fourth-order valence-electron chi connectivity index (χ4n) is 4.13. The molecule has 1 aromatic carbocycles. The molecule has 3 heterocycles. The molecule has 0 amide bonds. The monoisotopic (exact) mass is 442 g/mol. The topological polar surface area (TPSA) is 69.0 Å². The van der Waals surface area contributed by atoms with Gasteiger partial charge in [-0.15, -0.1) is 0 Å². The number of likely N-dealkylation sites (N-methyl/N-ethyl adjacent to an activating group) is 1. The number of aromatic nitrogens is 2. The number of hydrazone groups is 1. The van der Waals surface area contributed by atoms with Crippen molar-refractivity contribution in [3.05, 3.63) is 52.1 Å². The summed E-state index contributed by atoms with van der Waals surface area (Å²) in [6.07, 6.45) is 3.45. The molecule has 1 aliphatic heterocycles. The number of nitrogens with zero attached hydrogens (tertiary/aromatic N) is 4. The van der Waals surface area contributed by atoms with Crippen molar-refractivity contribution in [2.45, 2.75) is 25.8 Å². The molecule has 168 valence electrons. The zero-order valence-electron chi connectivity index (χ0n) is 18.6. The lowest BCUT2D eigenvalue weighted by Crippen LogP contribution is -2.31. The van der Waals surface area contributed by atoms with Crippen LogP contribution in [0.4, 0.5) is 8.78 Å². The van der Waals surface area contributed by atoms with Gasteiger partial charge >= 0.3 is 0 Å². The summed E-state index contributed by atoms with van der Waals surface area (Å²) in [6.45, 7) is 4.78. The van der Waals surface area contributed by atoms with Crippen LogP contribution < -0.4 is 15.0 Å². The third-order valence-electron chi connectivity index (χ3n) is 5.82. The third-order valence-corrected chi connectivity index (χ3v) is 5.82. The molecule has 1 aliphatic rings. The standard InChI is InChI=1S/C23H24F2N4O3/c1-6-29-15-8-18(23(2)11-27-28(3)12-23)26-10-13(15)7-14(22(29)30)19-20(24)16(31-4)9-17(32-5)21(19)25/h7-11H,6,12H2,1-5H3. The van der Waals surface area contributed by atoms with Crippen LogP contribution >= 0.6 is 0 Å². The molecule has 4 rings (SSSR count). The van der Waals surface area contributed by atoms with Crippen LogP contribution in [-0.2, 0) is 12.0 Å². The number of aryl methyl sites for hydroxylation is 1. The second-order valence-electron chi connectivity index (χ2n) is 8.00. The molecule has 0 fully saturated rings. The molecule has 0 saturated heterocycles. The van der Waals surface area contributed by atoms with E-state index in [9.17, 15) is 4.79 Å². The second-order valence-corrected chi connectivity index (χ2v) is 8.00. The molecule has 3 aromatic rings. The van der Waals surface area contributed by atoms with Crippen LogP contribution in [-0.4, -0.2) is 48.6 Å². The van der Waals surface area contributed by atoms with Crippen molar-refractivity contribution < 1.29 is 18.3 Å². The highest BCUT2D eigenvalue weighted by Crippen LogP contribution is 2.37. The number of halogens is 2. The maximum Gasteiger partial charge on any atom is 0.259 e. The van der Waals surface area contributed by atoms with E-state index >= 15 is 8.78 Å². The first-order valence-corrected chi connectivity index (χ1v) is 10.1. The largest absolute Gasteiger partial charge is 0.494 e. The van der Waals surface area contributed by atoms with Gasteiger partial charge in [-0.1, -0.05) is 0 Å². The number of fused-ring (bicyclic) bond motifs is 1. The van der Waals surface area contributed by atoms with Crippen LogP contribution in [0.25, 0.3) is 22.0 Å². The second kappa shape index (κ2) is 7.89. The van der Waals surface area contributed by atoms with Gasteiger partial charge in [0, 0.05) is 37.5 Å². The summed E-state index contributed by atoms with van der Waals surface area (Å²) < 4.78 is 41.7. The molecule has 0 radical (unpaired) electrons. The summed E-state index contributed by atoms with van der Waals surface area (Å²) in [7, 11) is 4.41. The smallest absolute Gasteiger partial charge is 0.259 e. The highest BCUT2D eigenvalue weighted by Gasteiger charge is 2.33. The Morgan fingerprint density at radius 2 is 1.78 bits per heavy atom. The van der Waals surface area contributed by atoms with Crippen molar-refractivity contribution in [3.63, 3.8) is 0 Å². The van der Waals surface area contributed by atoms with E-state index in [0.717, 1.165) is 11.8 Å². The van der Waals surface area contributed by atoms with Crippen molar-refractivity contribution in [2.24, 2.45) is 5.10 Å². The van der Waals surface area contributed by atoms with Crippen molar-refractivity contribution in [1.82, 2.24) is 14.6 Å². The summed E-state index contributed by atoms with van der Waals surface area (Å²) in [5, 5.41) is 6.71. The first kappa shape index (κ1) is 21.7. The lowest BCUT2D eigenvalue weighted by Gasteiger charge is -2.22. The molecular formula is C23H24F2N4O3. The molecule has 7 nitrogen and oxygen atoms in total. The predicted octanol–water partition coefficient (Wildman–Crippen LogP) is 3.57. The summed E-state index contributed by atoms with van der Waals surface area (Å²) in [5.74, 6) is -2.36. The van der Waals surface area contributed by atoms with E-state index in [-0.39, 0.29) is 17.1 Å². The molecule has 2 aromatic heterocycles. The Balaban J connectivity index is 1.99. The Hall–Kier alpha value is -3.49. The molecule has 0 spiro atoms. The van der Waals surface area contributed by atoms with Crippen LogP contribution in [0.3, 0.4) is 0 Å². The van der Waals surface area contributed by atoms with Gasteiger partial charge < -0.3 is 14.0 Å². The van der Waals surface area contributed by atoms with E-state index in [4.69, 9.17) is 9.47 Å². The molecular weight excluding hydrogens is 418 g/mol. The Bertz CT molecular complexity index is 1280. The van der Waals surface area contributed by atoms with Crippen molar-refractivity contribution >= 4 is 17.1 Å². The molecule has 0 aliphatic carbocycles. The van der Waals surface area contributed by atoms with Crippen LogP contribution in [0.15, 0.2) is 34.3 Å². The first-order valence-electron chi connectivity index (χ1n) is 10.1. The molecule has 1 unspecified atom stereocenters. The highest BCUT2D eigenvalue weighted by atomic mass is 19.1. The fourth-order valence-corrected chi connectivity index (χ4v) is 4.13. The maximum atomic E-state index is 15.1. The lowest BCUT2D eigenvalue weighted by atomic mass is 9.88. The average Bonchev–Trinajstić information content (AvgIpc) is 3.13. The SMILES string of the molecule is CCn1c(=O)c(-c2c(F)c(OC)cc(OC)c2F)cc2cnc(C3(C)C=NN(C)C3)cc21. The highest BCUT2D eigenvalue weighted by molar-refractivity contribution is 5.86. The van der Waals surface area contributed by atoms with E-state index in [2.05, 4.69) is 10.1 Å². The zero-order chi connectivity index (χ0) is 23.2. The van der Waals surface area contributed by atoms with Gasteiger partial charge in [-0.3, -0.25) is 14.8 Å². The normalized spacial score (nSPS) is 17.9. The Kier molecular flexibility index (Phi) is 5.36. The molecule has 0 N–H and O–H groups in total. The van der Waals surface area contributed by atoms with Gasteiger partial charge in [-0.05, 0) is 26.0 Å². The Morgan fingerprint density at radius 1 is 1.12 bits per heavy atom. The van der Waals surface area contributed by atoms with Gasteiger partial charge in [0.1, 0.15) is 0 Å². The minimum Gasteiger partial charge on any atom is -0.494 e. The minimum atomic E-state index is -0.966. The van der Waals surface area contributed by atoms with Crippen molar-refractivity contribution in [1.29, 1.82) is 0 Å². The van der Waals surface area contributed by atoms with E-state index in [1.807, 2.05) is 31.3 Å². The van der Waals surface area contributed by atoms with E-state index < -0.39 is 28.2 Å². The maximum absolute atomic E-state index is 15.1. The third kappa shape index (κ3) is 3.28. The van der Waals surface area contributed by atoms with Crippen LogP contribution in [0.2, 0.25) is 0 Å². The zero-order valence-corrected chi connectivity index (χ0v) is 18.6. The number of benzene rings is 1. The van der Waals surface area contributed by atoms with Gasteiger partial charge in [0.25, 0.3) is 5.56 Å². The summed E-state index contributed by atoms with van der Waals surface area (Å²) in [6, 6.07) is 4.41. The number of pyridine rings is 2. The van der Waals surface area contributed by atoms with E-state index in [1.54, 1.807) is 13.1 Å². The summed E-state index contributed by atoms with van der Waals surface area (Å²) in [4.78, 5) is 18.0. The van der Waals surface area contributed by atoms with Gasteiger partial charge in [0.15, 0.2) is 23.1 Å². The molecule has 9 heteroatoms. The minimum absolute atomic E-state index is 0.130. The van der Waals surface area contributed by atoms with Crippen LogP contribution in [0.1, 0.15) is 19.5 Å². The van der Waals surface area contributed by atoms with Crippen LogP contribution in [0.5, 0.6) is 11.5 Å². The Labute approximate surface area is 183 Å². The Morgan fingerprint density at radius 3 is 2.31 bits per heavy atom. The predicted molar refractivity (Wildman–Crippen MR) is 119 cm³/mol. The summed E-state index contributed by atoms with van der Waals surface area (Å²) >= 11 is 0. The lowest BCUT2D eigenvalue weighted by molar-refractivity contribution is 0.346. The number of hydrogen-bond acceptors (Lipinski definition) is 6.